The molecule has 0 rings (SSSR count). The van der Waals surface area contributed by atoms with Crippen LogP contribution in [0.3, 0.4) is 0 Å². The van der Waals surface area contributed by atoms with E-state index in [0.29, 0.717) is 12.2 Å². The van der Waals surface area contributed by atoms with Crippen LogP contribution >= 0.6 is 0 Å². The van der Waals surface area contributed by atoms with Crippen LogP contribution in [0.5, 0.6) is 0 Å². The number of rotatable bonds is 10. The Kier molecular flexibility index (Phi) is 8.18. The van der Waals surface area contributed by atoms with Crippen LogP contribution in [0.25, 0.3) is 0 Å². The van der Waals surface area contributed by atoms with Gasteiger partial charge in [-0.25, -0.2) is 19.2 Å². The molecule has 0 aromatic carbocycles. The molecule has 4 N–H and O–H groups in total. The van der Waals surface area contributed by atoms with Crippen molar-refractivity contribution in [2.45, 2.75) is 25.0 Å². The maximum atomic E-state index is 11.3. The van der Waals surface area contributed by atoms with Crippen molar-refractivity contribution in [3.8, 4) is 0 Å². The number of aliphatic carboxylic acids is 4. The van der Waals surface area contributed by atoms with Gasteiger partial charge >= 0.3 is 35.8 Å². The van der Waals surface area contributed by atoms with Crippen LogP contribution in [0, 0.1) is 0 Å². The lowest BCUT2D eigenvalue weighted by Gasteiger charge is -2.10. The van der Waals surface area contributed by atoms with E-state index in [1.54, 1.807) is 0 Å². The molecule has 2 atom stereocenters. The maximum Gasteiger partial charge on any atom is 0.345 e. The van der Waals surface area contributed by atoms with Crippen molar-refractivity contribution in [1.82, 2.24) is 0 Å². The fraction of sp³-hybridized carbons (Fsp3) is 0.333. The molecular weight excluding hydrogens is 336 g/mol. The number of carbonyl (C=O) groups excluding carboxylic acids is 2. The third-order valence-corrected chi connectivity index (χ3v) is 2.14. The zero-order valence-electron chi connectivity index (χ0n) is 11.8. The van der Waals surface area contributed by atoms with Gasteiger partial charge in [0.05, 0.1) is 12.8 Å². The molecule has 0 heterocycles. The summed E-state index contributed by atoms with van der Waals surface area (Å²) in [5.74, 6) is -9.34. The van der Waals surface area contributed by atoms with Gasteiger partial charge in [0.25, 0.3) is 0 Å². The minimum atomic E-state index is -1.99. The Morgan fingerprint density at radius 1 is 0.667 bits per heavy atom. The fourth-order valence-corrected chi connectivity index (χ4v) is 1.17. The molecule has 0 aliphatic carbocycles. The smallest absolute Gasteiger partial charge is 0.345 e. The van der Waals surface area contributed by atoms with Crippen LogP contribution in [0.15, 0.2) is 12.2 Å². The summed E-state index contributed by atoms with van der Waals surface area (Å²) in [6.07, 6.45) is -5.26. The molecule has 12 heteroatoms. The minimum Gasteiger partial charge on any atom is -0.481 e. The van der Waals surface area contributed by atoms with Gasteiger partial charge in [-0.05, 0) is 0 Å². The molecular formula is C12H12O12. The summed E-state index contributed by atoms with van der Waals surface area (Å²) in [7, 11) is 0. The summed E-state index contributed by atoms with van der Waals surface area (Å²) in [6.45, 7) is 0. The molecule has 0 radical (unpaired) electrons. The molecule has 132 valence electrons. The lowest BCUT2D eigenvalue weighted by molar-refractivity contribution is -0.165. The number of carboxylic acid groups (broad SMARTS) is 4. The number of ether oxygens (including phenoxy) is 2. The Balaban J connectivity index is 4.69. The molecule has 0 aliphatic rings. The Morgan fingerprint density at radius 3 is 1.17 bits per heavy atom. The van der Waals surface area contributed by atoms with Crippen LogP contribution in [0.4, 0.5) is 0 Å². The maximum absolute atomic E-state index is 11.3. The van der Waals surface area contributed by atoms with Crippen molar-refractivity contribution in [2.75, 3.05) is 0 Å². The second-order valence-electron chi connectivity index (χ2n) is 4.06. The Bertz CT molecular complexity index is 525. The highest BCUT2D eigenvalue weighted by atomic mass is 16.6. The van der Waals surface area contributed by atoms with E-state index in [2.05, 4.69) is 9.47 Å². The van der Waals surface area contributed by atoms with Crippen LogP contribution in [0.1, 0.15) is 12.8 Å². The molecule has 0 amide bonds. The largest absolute Gasteiger partial charge is 0.481 e. The highest BCUT2D eigenvalue weighted by Gasteiger charge is 2.26. The third kappa shape index (κ3) is 8.76. The van der Waals surface area contributed by atoms with Crippen molar-refractivity contribution in [1.29, 1.82) is 0 Å². The lowest BCUT2D eigenvalue weighted by atomic mass is 10.2. The van der Waals surface area contributed by atoms with Gasteiger partial charge in [0.2, 0.25) is 12.2 Å². The van der Waals surface area contributed by atoms with Gasteiger partial charge in [-0.3, -0.25) is 9.59 Å². The van der Waals surface area contributed by atoms with Gasteiger partial charge < -0.3 is 29.9 Å². The van der Waals surface area contributed by atoms with Crippen molar-refractivity contribution < 1.29 is 58.7 Å². The molecule has 0 bridgehead atoms. The zero-order valence-corrected chi connectivity index (χ0v) is 11.8. The molecule has 0 fully saturated rings. The summed E-state index contributed by atoms with van der Waals surface area (Å²) >= 11 is 0. The molecule has 24 heavy (non-hydrogen) atoms. The molecule has 0 saturated heterocycles. The Hall–Kier alpha value is -3.44. The van der Waals surface area contributed by atoms with E-state index in [0.717, 1.165) is 0 Å². The van der Waals surface area contributed by atoms with Crippen LogP contribution in [-0.4, -0.2) is 68.4 Å². The normalized spacial score (nSPS) is 12.8. The van der Waals surface area contributed by atoms with E-state index in [1.165, 1.54) is 0 Å². The van der Waals surface area contributed by atoms with E-state index in [-0.39, 0.29) is 0 Å². The predicted octanol–water partition coefficient (Wildman–Crippen LogP) is -1.52. The highest BCUT2D eigenvalue weighted by Crippen LogP contribution is 2.03. The SMILES string of the molecule is O=C(O)CC(OC(=O)/C=C\C(=O)OC(CC(=O)O)C(=O)O)C(=O)O. The van der Waals surface area contributed by atoms with Gasteiger partial charge in [0, 0.05) is 12.2 Å². The predicted molar refractivity (Wildman–Crippen MR) is 68.7 cm³/mol. The quantitative estimate of drug-likeness (QED) is 0.263. The number of hydrogen-bond acceptors (Lipinski definition) is 8. The highest BCUT2D eigenvalue weighted by molar-refractivity contribution is 5.94. The van der Waals surface area contributed by atoms with E-state index in [9.17, 15) is 28.8 Å². The Labute approximate surface area is 132 Å². The molecule has 0 aromatic rings. The number of esters is 2. The molecule has 0 aliphatic heterocycles. The first-order valence-corrected chi connectivity index (χ1v) is 6.01. The van der Waals surface area contributed by atoms with Crippen LogP contribution < -0.4 is 0 Å². The number of hydrogen-bond donors (Lipinski definition) is 4. The van der Waals surface area contributed by atoms with E-state index in [1.807, 2.05) is 0 Å². The first-order chi connectivity index (χ1) is 11.0. The van der Waals surface area contributed by atoms with Gasteiger partial charge in [-0.2, -0.15) is 0 Å². The van der Waals surface area contributed by atoms with Crippen molar-refractivity contribution in [2.24, 2.45) is 0 Å². The van der Waals surface area contributed by atoms with Crippen molar-refractivity contribution >= 4 is 35.8 Å². The molecule has 0 saturated carbocycles. The van der Waals surface area contributed by atoms with Gasteiger partial charge in [0.1, 0.15) is 0 Å². The number of carbonyl (C=O) groups is 6. The average molecular weight is 348 g/mol. The molecule has 2 unspecified atom stereocenters. The second-order valence-corrected chi connectivity index (χ2v) is 4.06. The summed E-state index contributed by atoms with van der Waals surface area (Å²) in [6, 6.07) is 0. The monoisotopic (exact) mass is 348 g/mol. The number of carboxylic acids is 4. The minimum absolute atomic E-state index is 0.375. The Morgan fingerprint density at radius 2 is 0.958 bits per heavy atom. The summed E-state index contributed by atoms with van der Waals surface area (Å²) in [4.78, 5) is 64.6. The second kappa shape index (κ2) is 9.55. The van der Waals surface area contributed by atoms with Crippen LogP contribution in [0.2, 0.25) is 0 Å². The summed E-state index contributed by atoms with van der Waals surface area (Å²) in [5.41, 5.74) is 0. The molecule has 0 spiro atoms. The molecule has 12 nitrogen and oxygen atoms in total. The first kappa shape index (κ1) is 20.6. The summed E-state index contributed by atoms with van der Waals surface area (Å²) in [5, 5.41) is 34.1. The van der Waals surface area contributed by atoms with E-state index >= 15 is 0 Å². The fourth-order valence-electron chi connectivity index (χ4n) is 1.17. The summed E-state index contributed by atoms with van der Waals surface area (Å²) < 4.78 is 8.53. The first-order valence-electron chi connectivity index (χ1n) is 6.01. The average Bonchev–Trinajstić information content (AvgIpc) is 2.42. The van der Waals surface area contributed by atoms with Crippen molar-refractivity contribution in [3.05, 3.63) is 12.2 Å². The van der Waals surface area contributed by atoms with Crippen molar-refractivity contribution in [3.63, 3.8) is 0 Å². The molecule has 0 aromatic heterocycles. The van der Waals surface area contributed by atoms with Gasteiger partial charge in [0.15, 0.2) is 0 Å². The van der Waals surface area contributed by atoms with Crippen LogP contribution in [-0.2, 0) is 38.2 Å². The van der Waals surface area contributed by atoms with Gasteiger partial charge in [-0.1, -0.05) is 0 Å². The van der Waals surface area contributed by atoms with E-state index < -0.39 is 60.9 Å². The standard InChI is InChI=1S/C12H12O12/c13-7(14)3-5(11(19)20)23-9(17)1-2-10(18)24-6(12(21)22)4-8(15)16/h1-2,5-6H,3-4H2,(H,13,14)(H,15,16)(H,19,20)(H,21,22)/b2-1-. The zero-order chi connectivity index (χ0) is 18.9. The topological polar surface area (TPSA) is 202 Å². The van der Waals surface area contributed by atoms with E-state index in [4.69, 9.17) is 20.4 Å². The lowest BCUT2D eigenvalue weighted by Crippen LogP contribution is -2.30. The third-order valence-electron chi connectivity index (χ3n) is 2.14. The van der Waals surface area contributed by atoms with Gasteiger partial charge in [-0.15, -0.1) is 0 Å².